The predicted octanol–water partition coefficient (Wildman–Crippen LogP) is 3.67. The Kier molecular flexibility index (Phi) is 7.76. The standard InChI is InChI=1S/C19H21F3N4.HI/c1-23-19(24-11-13-2-4-14(20)5-3-13)25-16-8-9-26(12-16)18-7-6-15(21)10-17(18)22;/h2-7,10,16H,8-9,11-12H2,1H3,(H2,23,24,25);1H. The lowest BCUT2D eigenvalue weighted by atomic mass is 10.2. The van der Waals surface area contributed by atoms with Crippen LogP contribution in [0.5, 0.6) is 0 Å². The quantitative estimate of drug-likeness (QED) is 0.391. The van der Waals surface area contributed by atoms with Gasteiger partial charge in [-0.15, -0.1) is 24.0 Å². The van der Waals surface area contributed by atoms with Crippen molar-refractivity contribution < 1.29 is 13.2 Å². The monoisotopic (exact) mass is 490 g/mol. The number of aliphatic imine (C=N–C) groups is 1. The van der Waals surface area contributed by atoms with Crippen LogP contribution in [0.4, 0.5) is 18.9 Å². The maximum Gasteiger partial charge on any atom is 0.191 e. The van der Waals surface area contributed by atoms with Gasteiger partial charge in [-0.1, -0.05) is 12.1 Å². The van der Waals surface area contributed by atoms with Gasteiger partial charge in [0, 0.05) is 38.8 Å². The SMILES string of the molecule is CN=C(NCc1ccc(F)cc1)NC1CCN(c2ccc(F)cc2F)C1.I. The van der Waals surface area contributed by atoms with Crippen LogP contribution in [0.1, 0.15) is 12.0 Å². The fraction of sp³-hybridized carbons (Fsp3) is 0.316. The van der Waals surface area contributed by atoms with E-state index in [0.29, 0.717) is 31.3 Å². The highest BCUT2D eigenvalue weighted by Gasteiger charge is 2.25. The van der Waals surface area contributed by atoms with Crippen LogP contribution in [0.25, 0.3) is 0 Å². The summed E-state index contributed by atoms with van der Waals surface area (Å²) in [6, 6.07) is 9.99. The third-order valence-corrected chi connectivity index (χ3v) is 4.38. The van der Waals surface area contributed by atoms with Gasteiger partial charge in [-0.3, -0.25) is 4.99 Å². The maximum atomic E-state index is 13.9. The number of halogens is 4. The molecule has 0 bridgehead atoms. The molecule has 1 saturated heterocycles. The minimum Gasteiger partial charge on any atom is -0.367 e. The van der Waals surface area contributed by atoms with Gasteiger partial charge in [0.1, 0.15) is 17.5 Å². The molecule has 0 amide bonds. The molecule has 2 aromatic rings. The molecule has 146 valence electrons. The van der Waals surface area contributed by atoms with Gasteiger partial charge in [-0.2, -0.15) is 0 Å². The van der Waals surface area contributed by atoms with Gasteiger partial charge in [0.2, 0.25) is 0 Å². The zero-order valence-electron chi connectivity index (χ0n) is 14.9. The highest BCUT2D eigenvalue weighted by molar-refractivity contribution is 14.0. The Morgan fingerprint density at radius 2 is 1.81 bits per heavy atom. The van der Waals surface area contributed by atoms with E-state index in [1.807, 2.05) is 4.90 Å². The number of benzene rings is 2. The highest BCUT2D eigenvalue weighted by Crippen LogP contribution is 2.24. The third kappa shape index (κ3) is 5.75. The zero-order valence-corrected chi connectivity index (χ0v) is 17.2. The molecule has 1 aliphatic heterocycles. The van der Waals surface area contributed by atoms with E-state index in [9.17, 15) is 13.2 Å². The largest absolute Gasteiger partial charge is 0.367 e. The minimum atomic E-state index is -0.578. The molecular weight excluding hydrogens is 468 g/mol. The zero-order chi connectivity index (χ0) is 18.5. The van der Waals surface area contributed by atoms with E-state index in [2.05, 4.69) is 15.6 Å². The number of guanidine groups is 1. The number of nitrogens with zero attached hydrogens (tertiary/aromatic N) is 2. The van der Waals surface area contributed by atoms with Gasteiger partial charge in [-0.05, 0) is 36.2 Å². The van der Waals surface area contributed by atoms with E-state index >= 15 is 0 Å². The van der Waals surface area contributed by atoms with Gasteiger partial charge in [0.15, 0.2) is 5.96 Å². The van der Waals surface area contributed by atoms with Gasteiger partial charge >= 0.3 is 0 Å². The fourth-order valence-electron chi connectivity index (χ4n) is 3.01. The first kappa shape index (κ1) is 21.3. The Labute approximate surface area is 173 Å². The van der Waals surface area contributed by atoms with Crippen molar-refractivity contribution in [3.05, 3.63) is 65.5 Å². The number of hydrogen-bond donors (Lipinski definition) is 2. The Balaban J connectivity index is 0.00000261. The molecule has 1 atom stereocenters. The average molecular weight is 490 g/mol. The molecule has 1 unspecified atom stereocenters. The van der Waals surface area contributed by atoms with Crippen LogP contribution >= 0.6 is 24.0 Å². The summed E-state index contributed by atoms with van der Waals surface area (Å²) in [6.07, 6.45) is 0.814. The van der Waals surface area contributed by atoms with Gasteiger partial charge < -0.3 is 15.5 Å². The molecule has 0 radical (unpaired) electrons. The number of anilines is 1. The predicted molar refractivity (Wildman–Crippen MR) is 112 cm³/mol. The van der Waals surface area contributed by atoms with Crippen LogP contribution in [-0.4, -0.2) is 32.1 Å². The normalized spacial score (nSPS) is 16.8. The first-order chi connectivity index (χ1) is 12.5. The molecule has 0 aliphatic carbocycles. The Bertz CT molecular complexity index is 783. The van der Waals surface area contributed by atoms with Crippen molar-refractivity contribution in [1.29, 1.82) is 0 Å². The molecule has 0 aromatic heterocycles. The molecule has 27 heavy (non-hydrogen) atoms. The van der Waals surface area contributed by atoms with E-state index in [0.717, 1.165) is 18.1 Å². The van der Waals surface area contributed by atoms with E-state index in [4.69, 9.17) is 0 Å². The molecule has 1 heterocycles. The Hall–Kier alpha value is -1.97. The molecule has 0 saturated carbocycles. The van der Waals surface area contributed by atoms with Crippen molar-refractivity contribution in [3.8, 4) is 0 Å². The molecule has 4 nitrogen and oxygen atoms in total. The fourth-order valence-corrected chi connectivity index (χ4v) is 3.01. The molecule has 2 N–H and O–H groups in total. The van der Waals surface area contributed by atoms with Crippen molar-refractivity contribution in [2.24, 2.45) is 4.99 Å². The number of hydrogen-bond acceptors (Lipinski definition) is 2. The van der Waals surface area contributed by atoms with Gasteiger partial charge in [0.25, 0.3) is 0 Å². The summed E-state index contributed by atoms with van der Waals surface area (Å²) in [5, 5.41) is 6.48. The smallest absolute Gasteiger partial charge is 0.191 e. The van der Waals surface area contributed by atoms with Crippen molar-refractivity contribution in [2.75, 3.05) is 25.0 Å². The topological polar surface area (TPSA) is 39.7 Å². The van der Waals surface area contributed by atoms with E-state index in [-0.39, 0.29) is 35.8 Å². The summed E-state index contributed by atoms with van der Waals surface area (Å²) in [5.74, 6) is -0.772. The second-order valence-corrected chi connectivity index (χ2v) is 6.22. The lowest BCUT2D eigenvalue weighted by Crippen LogP contribution is -2.44. The van der Waals surface area contributed by atoms with Crippen molar-refractivity contribution >= 4 is 35.6 Å². The Morgan fingerprint density at radius 3 is 2.48 bits per heavy atom. The lowest BCUT2D eigenvalue weighted by molar-refractivity contribution is 0.580. The van der Waals surface area contributed by atoms with Crippen LogP contribution in [0.3, 0.4) is 0 Å². The maximum absolute atomic E-state index is 13.9. The van der Waals surface area contributed by atoms with Crippen molar-refractivity contribution in [2.45, 2.75) is 19.0 Å². The van der Waals surface area contributed by atoms with Gasteiger partial charge in [0.05, 0.1) is 5.69 Å². The van der Waals surface area contributed by atoms with E-state index < -0.39 is 11.6 Å². The second-order valence-electron chi connectivity index (χ2n) is 6.22. The summed E-state index contributed by atoms with van der Waals surface area (Å²) < 4.78 is 39.9. The minimum absolute atomic E-state index is 0. The Morgan fingerprint density at radius 1 is 1.11 bits per heavy atom. The molecule has 2 aromatic carbocycles. The number of rotatable bonds is 4. The molecule has 1 fully saturated rings. The average Bonchev–Trinajstić information content (AvgIpc) is 3.08. The third-order valence-electron chi connectivity index (χ3n) is 4.38. The lowest BCUT2D eigenvalue weighted by Gasteiger charge is -2.21. The summed E-state index contributed by atoms with van der Waals surface area (Å²) in [7, 11) is 1.67. The molecule has 1 aliphatic rings. The molecule has 3 rings (SSSR count). The summed E-state index contributed by atoms with van der Waals surface area (Å²) in [4.78, 5) is 6.08. The second kappa shape index (κ2) is 9.82. The molecule has 0 spiro atoms. The van der Waals surface area contributed by atoms with Crippen LogP contribution in [0.2, 0.25) is 0 Å². The van der Waals surface area contributed by atoms with Crippen molar-refractivity contribution in [1.82, 2.24) is 10.6 Å². The van der Waals surface area contributed by atoms with E-state index in [1.165, 1.54) is 24.3 Å². The first-order valence-electron chi connectivity index (χ1n) is 8.47. The molecular formula is C19H22F3IN4. The van der Waals surface area contributed by atoms with Crippen LogP contribution in [0.15, 0.2) is 47.5 Å². The van der Waals surface area contributed by atoms with Gasteiger partial charge in [-0.25, -0.2) is 13.2 Å². The van der Waals surface area contributed by atoms with Crippen molar-refractivity contribution in [3.63, 3.8) is 0 Å². The summed E-state index contributed by atoms with van der Waals surface area (Å²) >= 11 is 0. The van der Waals surface area contributed by atoms with Crippen LogP contribution in [-0.2, 0) is 6.54 Å². The van der Waals surface area contributed by atoms with Crippen LogP contribution in [0, 0.1) is 17.5 Å². The first-order valence-corrected chi connectivity index (χ1v) is 8.47. The molecule has 8 heteroatoms. The highest BCUT2D eigenvalue weighted by atomic mass is 127. The van der Waals surface area contributed by atoms with E-state index in [1.54, 1.807) is 19.2 Å². The summed E-state index contributed by atoms with van der Waals surface area (Å²) in [5.41, 5.74) is 1.35. The number of nitrogens with one attached hydrogen (secondary N) is 2. The van der Waals surface area contributed by atoms with Crippen LogP contribution < -0.4 is 15.5 Å². The summed E-state index contributed by atoms with van der Waals surface area (Å²) in [6.45, 7) is 1.79.